The molecular weight excluding hydrogens is 256 g/mol. The molecule has 1 atom stereocenters. The van der Waals surface area contributed by atoms with Crippen molar-refractivity contribution in [2.45, 2.75) is 13.0 Å². The van der Waals surface area contributed by atoms with E-state index >= 15 is 0 Å². The summed E-state index contributed by atoms with van der Waals surface area (Å²) in [5, 5.41) is 15.4. The summed E-state index contributed by atoms with van der Waals surface area (Å²) >= 11 is 0. The quantitative estimate of drug-likeness (QED) is 0.668. The Bertz CT molecular complexity index is 659. The van der Waals surface area contributed by atoms with Crippen LogP contribution in [0, 0.1) is 10.1 Å². The van der Waals surface area contributed by atoms with Crippen LogP contribution in [0.15, 0.2) is 30.5 Å². The molecule has 1 aromatic heterocycles. The van der Waals surface area contributed by atoms with Crippen LogP contribution in [0.1, 0.15) is 6.92 Å². The number of pyridine rings is 1. The highest BCUT2D eigenvalue weighted by Crippen LogP contribution is 2.35. The van der Waals surface area contributed by atoms with E-state index in [0.29, 0.717) is 22.6 Å². The van der Waals surface area contributed by atoms with E-state index in [4.69, 9.17) is 0 Å². The molecule has 20 heavy (non-hydrogen) atoms. The first kappa shape index (κ1) is 12.8. The van der Waals surface area contributed by atoms with Gasteiger partial charge >= 0.3 is 5.69 Å². The van der Waals surface area contributed by atoms with Crippen LogP contribution in [0.2, 0.25) is 0 Å². The summed E-state index contributed by atoms with van der Waals surface area (Å²) in [6, 6.07) is 7.48. The summed E-state index contributed by atoms with van der Waals surface area (Å²) in [4.78, 5) is 17.5. The number of hydrogen-bond acceptors (Lipinski definition) is 5. The van der Waals surface area contributed by atoms with Crippen LogP contribution in [0.5, 0.6) is 0 Å². The second-order valence-electron chi connectivity index (χ2n) is 5.06. The Kier molecular flexibility index (Phi) is 3.23. The molecule has 6 nitrogen and oxygen atoms in total. The lowest BCUT2D eigenvalue weighted by Gasteiger charge is -2.33. The third kappa shape index (κ3) is 2.18. The maximum atomic E-state index is 11.5. The van der Waals surface area contributed by atoms with Gasteiger partial charge in [0.15, 0.2) is 0 Å². The van der Waals surface area contributed by atoms with Gasteiger partial charge in [-0.15, -0.1) is 0 Å². The Morgan fingerprint density at radius 2 is 2.30 bits per heavy atom. The highest BCUT2D eigenvalue weighted by atomic mass is 16.6. The Hall–Kier alpha value is -2.21. The number of piperazine rings is 1. The predicted octanol–water partition coefficient (Wildman–Crippen LogP) is 1.94. The molecule has 0 bridgehead atoms. The number of hydrogen-bond donors (Lipinski definition) is 1. The van der Waals surface area contributed by atoms with Crippen molar-refractivity contribution in [2.24, 2.45) is 0 Å². The first-order chi connectivity index (χ1) is 9.66. The number of benzene rings is 1. The zero-order valence-corrected chi connectivity index (χ0v) is 11.2. The third-order valence-corrected chi connectivity index (χ3v) is 3.63. The summed E-state index contributed by atoms with van der Waals surface area (Å²) in [5.74, 6) is 0. The standard InChI is InChI=1S/C14H16N4O2/c1-10-9-17(8-7-15-10)13-5-4-12-11(3-2-6-16-12)14(13)18(19)20/h2-6,10,15H,7-9H2,1H3/t10-/m0/s1. The van der Waals surface area contributed by atoms with Crippen molar-refractivity contribution in [2.75, 3.05) is 24.5 Å². The summed E-state index contributed by atoms with van der Waals surface area (Å²) in [6.45, 7) is 4.47. The first-order valence-electron chi connectivity index (χ1n) is 6.67. The lowest BCUT2D eigenvalue weighted by atomic mass is 10.1. The van der Waals surface area contributed by atoms with Crippen LogP contribution in [0.3, 0.4) is 0 Å². The molecule has 104 valence electrons. The zero-order valence-electron chi connectivity index (χ0n) is 11.2. The second-order valence-corrected chi connectivity index (χ2v) is 5.06. The molecule has 3 rings (SSSR count). The molecule has 2 heterocycles. The third-order valence-electron chi connectivity index (χ3n) is 3.63. The van der Waals surface area contributed by atoms with E-state index in [9.17, 15) is 10.1 Å². The van der Waals surface area contributed by atoms with Gasteiger partial charge in [0.05, 0.1) is 15.8 Å². The molecule has 0 spiro atoms. The molecule has 0 unspecified atom stereocenters. The van der Waals surface area contributed by atoms with Gasteiger partial charge in [0.1, 0.15) is 5.69 Å². The Morgan fingerprint density at radius 1 is 1.45 bits per heavy atom. The molecule has 1 aliphatic rings. The lowest BCUT2D eigenvalue weighted by molar-refractivity contribution is -0.382. The monoisotopic (exact) mass is 272 g/mol. The minimum Gasteiger partial charge on any atom is -0.363 e. The van der Waals surface area contributed by atoms with E-state index in [1.165, 1.54) is 0 Å². The van der Waals surface area contributed by atoms with E-state index < -0.39 is 0 Å². The Labute approximate surface area is 116 Å². The topological polar surface area (TPSA) is 71.3 Å². The Balaban J connectivity index is 2.14. The molecule has 1 N–H and O–H groups in total. The maximum Gasteiger partial charge on any atom is 0.301 e. The molecule has 2 aromatic rings. The fraction of sp³-hybridized carbons (Fsp3) is 0.357. The fourth-order valence-electron chi connectivity index (χ4n) is 2.72. The van der Waals surface area contributed by atoms with Crippen molar-refractivity contribution in [1.29, 1.82) is 0 Å². The van der Waals surface area contributed by atoms with E-state index in [0.717, 1.165) is 19.6 Å². The van der Waals surface area contributed by atoms with E-state index in [2.05, 4.69) is 22.1 Å². The average Bonchev–Trinajstić information content (AvgIpc) is 2.45. The number of nitrogens with one attached hydrogen (secondary N) is 1. The van der Waals surface area contributed by atoms with Gasteiger partial charge in [0.2, 0.25) is 0 Å². The lowest BCUT2D eigenvalue weighted by Crippen LogP contribution is -2.49. The highest BCUT2D eigenvalue weighted by Gasteiger charge is 2.25. The summed E-state index contributed by atoms with van der Waals surface area (Å²) < 4.78 is 0. The van der Waals surface area contributed by atoms with Crippen LogP contribution in [-0.2, 0) is 0 Å². The van der Waals surface area contributed by atoms with Crippen LogP contribution in [-0.4, -0.2) is 35.6 Å². The van der Waals surface area contributed by atoms with Gasteiger partial charge in [-0.2, -0.15) is 0 Å². The second kappa shape index (κ2) is 5.05. The number of nitro groups is 1. The molecular formula is C14H16N4O2. The summed E-state index contributed by atoms with van der Waals surface area (Å²) in [6.07, 6.45) is 1.65. The van der Waals surface area contributed by atoms with Crippen LogP contribution < -0.4 is 10.2 Å². The molecule has 0 saturated carbocycles. The number of aromatic nitrogens is 1. The highest BCUT2D eigenvalue weighted by molar-refractivity contribution is 5.94. The van der Waals surface area contributed by atoms with Crippen LogP contribution >= 0.6 is 0 Å². The van der Waals surface area contributed by atoms with Crippen molar-refractivity contribution < 1.29 is 4.92 Å². The molecule has 0 amide bonds. The number of anilines is 1. The normalized spacial score (nSPS) is 19.2. The first-order valence-corrected chi connectivity index (χ1v) is 6.67. The Morgan fingerprint density at radius 3 is 3.05 bits per heavy atom. The molecule has 1 saturated heterocycles. The maximum absolute atomic E-state index is 11.5. The summed E-state index contributed by atoms with van der Waals surface area (Å²) in [7, 11) is 0. The molecule has 0 aliphatic carbocycles. The fourth-order valence-corrected chi connectivity index (χ4v) is 2.72. The smallest absolute Gasteiger partial charge is 0.301 e. The minimum absolute atomic E-state index is 0.157. The number of nitro benzene ring substituents is 1. The summed E-state index contributed by atoms with van der Waals surface area (Å²) in [5.41, 5.74) is 1.50. The molecule has 6 heteroatoms. The van der Waals surface area contributed by atoms with E-state index in [1.807, 2.05) is 12.1 Å². The molecule has 1 aliphatic heterocycles. The minimum atomic E-state index is -0.300. The predicted molar refractivity (Wildman–Crippen MR) is 78.1 cm³/mol. The molecule has 0 radical (unpaired) electrons. The number of fused-ring (bicyclic) bond motifs is 1. The van der Waals surface area contributed by atoms with Gasteiger partial charge in [0, 0.05) is 31.9 Å². The van der Waals surface area contributed by atoms with Crippen molar-refractivity contribution in [3.63, 3.8) is 0 Å². The number of nitrogens with zero attached hydrogens (tertiary/aromatic N) is 3. The van der Waals surface area contributed by atoms with Gasteiger partial charge in [-0.1, -0.05) is 0 Å². The van der Waals surface area contributed by atoms with E-state index in [-0.39, 0.29) is 10.6 Å². The van der Waals surface area contributed by atoms with Gasteiger partial charge < -0.3 is 10.2 Å². The van der Waals surface area contributed by atoms with E-state index in [1.54, 1.807) is 18.3 Å². The zero-order chi connectivity index (χ0) is 14.1. The van der Waals surface area contributed by atoms with Crippen molar-refractivity contribution in [3.05, 3.63) is 40.6 Å². The van der Waals surface area contributed by atoms with Crippen LogP contribution in [0.25, 0.3) is 10.9 Å². The molecule has 1 fully saturated rings. The number of rotatable bonds is 2. The van der Waals surface area contributed by atoms with Gasteiger partial charge in [-0.05, 0) is 31.2 Å². The van der Waals surface area contributed by atoms with Gasteiger partial charge in [-0.25, -0.2) is 0 Å². The van der Waals surface area contributed by atoms with Crippen molar-refractivity contribution in [1.82, 2.24) is 10.3 Å². The van der Waals surface area contributed by atoms with Crippen molar-refractivity contribution >= 4 is 22.3 Å². The average molecular weight is 272 g/mol. The van der Waals surface area contributed by atoms with Gasteiger partial charge in [0.25, 0.3) is 0 Å². The van der Waals surface area contributed by atoms with Crippen molar-refractivity contribution in [3.8, 4) is 0 Å². The van der Waals surface area contributed by atoms with Gasteiger partial charge in [-0.3, -0.25) is 15.1 Å². The van der Waals surface area contributed by atoms with Crippen LogP contribution in [0.4, 0.5) is 11.4 Å². The molecule has 1 aromatic carbocycles. The largest absolute Gasteiger partial charge is 0.363 e. The SMILES string of the molecule is C[C@H]1CN(c2ccc3ncccc3c2[N+](=O)[O-])CCN1.